The van der Waals surface area contributed by atoms with E-state index >= 15 is 0 Å². The van der Waals surface area contributed by atoms with Gasteiger partial charge in [0.15, 0.2) is 0 Å². The Hall–Kier alpha value is -3.30. The predicted octanol–water partition coefficient (Wildman–Crippen LogP) is 3.07. The fourth-order valence-corrected chi connectivity index (χ4v) is 2.70. The highest BCUT2D eigenvalue weighted by atomic mass is 16.5. The molecule has 1 saturated heterocycles. The molecular formula is C21H22N4O2. The molecular weight excluding hydrogens is 340 g/mol. The summed E-state index contributed by atoms with van der Waals surface area (Å²) in [4.78, 5) is 16.6. The molecule has 6 heteroatoms. The Morgan fingerprint density at radius 3 is 2.30 bits per heavy atom. The minimum absolute atomic E-state index is 0.101. The molecule has 138 valence electrons. The van der Waals surface area contributed by atoms with E-state index in [2.05, 4.69) is 17.3 Å². The fraction of sp³-hybridized carbons (Fsp3) is 0.238. The Kier molecular flexibility index (Phi) is 6.08. The zero-order valence-corrected chi connectivity index (χ0v) is 15.3. The summed E-state index contributed by atoms with van der Waals surface area (Å²) in [5.74, 6) is 1.01. The molecule has 3 rings (SSSR count). The minimum atomic E-state index is -0.409. The average Bonchev–Trinajstić information content (AvgIpc) is 2.70. The molecule has 2 aromatic carbocycles. The first-order valence-corrected chi connectivity index (χ1v) is 8.83. The van der Waals surface area contributed by atoms with Crippen LogP contribution in [0, 0.1) is 11.3 Å². The summed E-state index contributed by atoms with van der Waals surface area (Å²) in [7, 11) is 2.06. The number of amides is 1. The molecule has 0 radical (unpaired) electrons. The number of piperazine rings is 1. The second-order valence-electron chi connectivity index (χ2n) is 6.39. The first-order valence-electron chi connectivity index (χ1n) is 8.83. The van der Waals surface area contributed by atoms with Gasteiger partial charge in [-0.2, -0.15) is 5.26 Å². The van der Waals surface area contributed by atoms with Crippen LogP contribution in [0.15, 0.2) is 66.4 Å². The smallest absolute Gasteiger partial charge is 0.267 e. The lowest BCUT2D eigenvalue weighted by Crippen LogP contribution is -2.42. The summed E-state index contributed by atoms with van der Waals surface area (Å²) < 4.78 is 5.73. The standard InChI is InChI=1S/C21H22N4O2/c1-24-11-13-25(14-12-24)16-17(15-22)21(26)23-18-7-9-20(10-8-18)27-19-5-3-2-4-6-19/h2-10,16H,11-14H2,1H3,(H,23,26)/b17-16-. The maximum absolute atomic E-state index is 12.4. The lowest BCUT2D eigenvalue weighted by molar-refractivity contribution is -0.112. The molecule has 0 aromatic heterocycles. The van der Waals surface area contributed by atoms with Crippen molar-refractivity contribution in [2.75, 3.05) is 38.5 Å². The third-order valence-electron chi connectivity index (χ3n) is 4.31. The molecule has 1 fully saturated rings. The van der Waals surface area contributed by atoms with Gasteiger partial charge in [-0.25, -0.2) is 0 Å². The number of likely N-dealkylation sites (N-methyl/N-ethyl adjacent to an activating group) is 1. The van der Waals surface area contributed by atoms with Crippen LogP contribution < -0.4 is 10.1 Å². The zero-order chi connectivity index (χ0) is 19.1. The summed E-state index contributed by atoms with van der Waals surface area (Å²) in [5, 5.41) is 12.1. The molecule has 1 aliphatic heterocycles. The van der Waals surface area contributed by atoms with Crippen molar-refractivity contribution >= 4 is 11.6 Å². The van der Waals surface area contributed by atoms with Crippen LogP contribution in [0.3, 0.4) is 0 Å². The summed E-state index contributed by atoms with van der Waals surface area (Å²) >= 11 is 0. The largest absolute Gasteiger partial charge is 0.457 e. The molecule has 2 aromatic rings. The molecule has 0 unspecified atom stereocenters. The maximum atomic E-state index is 12.4. The summed E-state index contributed by atoms with van der Waals surface area (Å²) in [6.45, 7) is 3.44. The van der Waals surface area contributed by atoms with Crippen LogP contribution in [0.2, 0.25) is 0 Å². The fourth-order valence-electron chi connectivity index (χ4n) is 2.70. The molecule has 0 atom stereocenters. The molecule has 0 bridgehead atoms. The number of benzene rings is 2. The maximum Gasteiger partial charge on any atom is 0.267 e. The lowest BCUT2D eigenvalue weighted by atomic mass is 10.2. The van der Waals surface area contributed by atoms with Gasteiger partial charge < -0.3 is 19.9 Å². The van der Waals surface area contributed by atoms with Crippen LogP contribution in [0.1, 0.15) is 0 Å². The third-order valence-corrected chi connectivity index (χ3v) is 4.31. The zero-order valence-electron chi connectivity index (χ0n) is 15.3. The van der Waals surface area contributed by atoms with Crippen LogP contribution in [-0.4, -0.2) is 48.9 Å². The van der Waals surface area contributed by atoms with Crippen LogP contribution in [0.4, 0.5) is 5.69 Å². The Morgan fingerprint density at radius 1 is 1.04 bits per heavy atom. The highest BCUT2D eigenvalue weighted by molar-refractivity contribution is 6.06. The molecule has 1 N–H and O–H groups in total. The third kappa shape index (κ3) is 5.33. The van der Waals surface area contributed by atoms with E-state index < -0.39 is 5.91 Å². The normalized spacial score (nSPS) is 15.1. The number of carbonyl (C=O) groups excluding carboxylic acids is 1. The number of hydrogen-bond donors (Lipinski definition) is 1. The molecule has 0 spiro atoms. The molecule has 0 aliphatic carbocycles. The number of carbonyl (C=O) groups is 1. The predicted molar refractivity (Wildman–Crippen MR) is 104 cm³/mol. The Bertz CT molecular complexity index is 833. The van der Waals surface area contributed by atoms with Crippen molar-refractivity contribution in [3.8, 4) is 17.6 Å². The van der Waals surface area contributed by atoms with Gasteiger partial charge in [-0.3, -0.25) is 4.79 Å². The number of nitrogens with one attached hydrogen (secondary N) is 1. The van der Waals surface area contributed by atoms with Gasteiger partial charge >= 0.3 is 0 Å². The molecule has 0 saturated carbocycles. The van der Waals surface area contributed by atoms with E-state index in [4.69, 9.17) is 4.74 Å². The first-order chi connectivity index (χ1) is 13.1. The van der Waals surface area contributed by atoms with Crippen LogP contribution in [0.25, 0.3) is 0 Å². The summed E-state index contributed by atoms with van der Waals surface area (Å²) in [5.41, 5.74) is 0.712. The van der Waals surface area contributed by atoms with Gasteiger partial charge in [0.25, 0.3) is 5.91 Å². The monoisotopic (exact) mass is 362 g/mol. The van der Waals surface area contributed by atoms with E-state index in [1.807, 2.05) is 41.3 Å². The van der Waals surface area contributed by atoms with Crippen molar-refractivity contribution in [3.63, 3.8) is 0 Å². The van der Waals surface area contributed by atoms with Gasteiger partial charge in [0.2, 0.25) is 0 Å². The van der Waals surface area contributed by atoms with E-state index in [-0.39, 0.29) is 5.57 Å². The average molecular weight is 362 g/mol. The number of nitriles is 1. The molecule has 1 heterocycles. The minimum Gasteiger partial charge on any atom is -0.457 e. The Morgan fingerprint density at radius 2 is 1.67 bits per heavy atom. The number of para-hydroxylation sites is 1. The van der Waals surface area contributed by atoms with E-state index in [1.165, 1.54) is 0 Å². The van der Waals surface area contributed by atoms with Crippen molar-refractivity contribution in [1.82, 2.24) is 9.80 Å². The van der Waals surface area contributed by atoms with Gasteiger partial charge in [-0.15, -0.1) is 0 Å². The Balaban J connectivity index is 1.60. The SMILES string of the molecule is CN1CCN(/C=C(/C#N)C(=O)Nc2ccc(Oc3ccccc3)cc2)CC1. The second kappa shape index (κ2) is 8.88. The molecule has 27 heavy (non-hydrogen) atoms. The van der Waals surface area contributed by atoms with Gasteiger partial charge in [0.05, 0.1) is 0 Å². The highest BCUT2D eigenvalue weighted by Crippen LogP contribution is 2.22. The Labute approximate surface area is 159 Å². The number of nitrogens with zero attached hydrogens (tertiary/aromatic N) is 3. The number of ether oxygens (including phenoxy) is 1. The molecule has 1 aliphatic rings. The van der Waals surface area contributed by atoms with E-state index in [9.17, 15) is 10.1 Å². The number of anilines is 1. The topological polar surface area (TPSA) is 68.6 Å². The molecule has 1 amide bonds. The van der Waals surface area contributed by atoms with Gasteiger partial charge in [-0.1, -0.05) is 18.2 Å². The van der Waals surface area contributed by atoms with Gasteiger partial charge in [0.1, 0.15) is 23.1 Å². The van der Waals surface area contributed by atoms with Crippen molar-refractivity contribution in [1.29, 1.82) is 5.26 Å². The van der Waals surface area contributed by atoms with Crippen molar-refractivity contribution < 1.29 is 9.53 Å². The summed E-state index contributed by atoms with van der Waals surface area (Å²) in [6, 6.07) is 18.5. The second-order valence-corrected chi connectivity index (χ2v) is 6.39. The van der Waals surface area contributed by atoms with Crippen molar-refractivity contribution in [2.45, 2.75) is 0 Å². The van der Waals surface area contributed by atoms with Crippen LogP contribution in [-0.2, 0) is 4.79 Å². The van der Waals surface area contributed by atoms with Crippen molar-refractivity contribution in [3.05, 3.63) is 66.4 Å². The number of hydrogen-bond acceptors (Lipinski definition) is 5. The van der Waals surface area contributed by atoms with Gasteiger partial charge in [-0.05, 0) is 43.4 Å². The summed E-state index contributed by atoms with van der Waals surface area (Å²) in [6.07, 6.45) is 1.65. The molecule has 6 nitrogen and oxygen atoms in total. The van der Waals surface area contributed by atoms with Crippen molar-refractivity contribution in [2.24, 2.45) is 0 Å². The van der Waals surface area contributed by atoms with E-state index in [1.54, 1.807) is 30.5 Å². The number of rotatable bonds is 5. The van der Waals surface area contributed by atoms with E-state index in [0.717, 1.165) is 31.9 Å². The highest BCUT2D eigenvalue weighted by Gasteiger charge is 2.15. The van der Waals surface area contributed by atoms with E-state index in [0.29, 0.717) is 11.4 Å². The lowest BCUT2D eigenvalue weighted by Gasteiger charge is -2.31. The van der Waals surface area contributed by atoms with Crippen LogP contribution >= 0.6 is 0 Å². The van der Waals surface area contributed by atoms with Crippen LogP contribution in [0.5, 0.6) is 11.5 Å². The van der Waals surface area contributed by atoms with Gasteiger partial charge in [0, 0.05) is 38.1 Å². The quantitative estimate of drug-likeness (QED) is 0.654. The first kappa shape index (κ1) is 18.5.